The number of carbonyl (C=O) groups excluding carboxylic acids is 1. The van der Waals surface area contributed by atoms with Gasteiger partial charge in [0.05, 0.1) is 0 Å². The molecule has 0 radical (unpaired) electrons. The standard InChI is InChI=1S/C13H20N4O/c1-9-6-10(7-12(14)16-9)13(18)15-8-11-4-3-5-17(11)2/h6-7,11H,3-5,8H2,1-2H3,(H2,14,16)(H,15,18). The summed E-state index contributed by atoms with van der Waals surface area (Å²) in [7, 11) is 2.10. The molecule has 98 valence electrons. The van der Waals surface area contributed by atoms with Crippen molar-refractivity contribution in [3.63, 3.8) is 0 Å². The Hall–Kier alpha value is -1.62. The van der Waals surface area contributed by atoms with Crippen LogP contribution in [0.5, 0.6) is 0 Å². The number of nitrogens with zero attached hydrogens (tertiary/aromatic N) is 2. The quantitative estimate of drug-likeness (QED) is 0.830. The Morgan fingerprint density at radius 1 is 1.61 bits per heavy atom. The van der Waals surface area contributed by atoms with E-state index in [0.29, 0.717) is 24.0 Å². The minimum absolute atomic E-state index is 0.0764. The molecule has 1 aliphatic rings. The predicted molar refractivity (Wildman–Crippen MR) is 71.4 cm³/mol. The molecule has 0 bridgehead atoms. The van der Waals surface area contributed by atoms with Crippen LogP contribution in [0.3, 0.4) is 0 Å². The molecule has 18 heavy (non-hydrogen) atoms. The molecular formula is C13H20N4O. The van der Waals surface area contributed by atoms with Gasteiger partial charge in [-0.05, 0) is 45.5 Å². The molecule has 1 amide bonds. The average Bonchev–Trinajstić information content (AvgIpc) is 2.70. The monoisotopic (exact) mass is 248 g/mol. The van der Waals surface area contributed by atoms with E-state index in [4.69, 9.17) is 5.73 Å². The van der Waals surface area contributed by atoms with Gasteiger partial charge in [0, 0.05) is 23.8 Å². The lowest BCUT2D eigenvalue weighted by molar-refractivity contribution is 0.0943. The number of pyridine rings is 1. The van der Waals surface area contributed by atoms with E-state index < -0.39 is 0 Å². The number of aryl methyl sites for hydroxylation is 1. The van der Waals surface area contributed by atoms with Crippen molar-refractivity contribution >= 4 is 11.7 Å². The first-order valence-electron chi connectivity index (χ1n) is 6.29. The molecule has 1 atom stereocenters. The number of hydrogen-bond acceptors (Lipinski definition) is 4. The first kappa shape index (κ1) is 12.8. The van der Waals surface area contributed by atoms with Gasteiger partial charge < -0.3 is 16.0 Å². The highest BCUT2D eigenvalue weighted by molar-refractivity contribution is 5.94. The van der Waals surface area contributed by atoms with Crippen molar-refractivity contribution in [2.24, 2.45) is 0 Å². The third-order valence-electron chi connectivity index (χ3n) is 3.41. The fourth-order valence-corrected chi connectivity index (χ4v) is 2.38. The summed E-state index contributed by atoms with van der Waals surface area (Å²) in [5, 5.41) is 2.96. The number of anilines is 1. The van der Waals surface area contributed by atoms with Crippen LogP contribution in [0.2, 0.25) is 0 Å². The van der Waals surface area contributed by atoms with E-state index in [9.17, 15) is 4.79 Å². The van der Waals surface area contributed by atoms with Gasteiger partial charge in [0.2, 0.25) is 0 Å². The number of likely N-dealkylation sites (N-methyl/N-ethyl adjacent to an activating group) is 1. The summed E-state index contributed by atoms with van der Waals surface area (Å²) in [4.78, 5) is 18.3. The summed E-state index contributed by atoms with van der Waals surface area (Å²) in [5.41, 5.74) is 6.98. The third kappa shape index (κ3) is 2.98. The van der Waals surface area contributed by atoms with E-state index in [1.54, 1.807) is 12.1 Å². The lowest BCUT2D eigenvalue weighted by atomic mass is 10.2. The molecule has 1 saturated heterocycles. The summed E-state index contributed by atoms with van der Waals surface area (Å²) in [5.74, 6) is 0.311. The van der Waals surface area contributed by atoms with Crippen LogP contribution in [0.1, 0.15) is 28.9 Å². The summed E-state index contributed by atoms with van der Waals surface area (Å²) in [6.45, 7) is 3.64. The van der Waals surface area contributed by atoms with Crippen LogP contribution >= 0.6 is 0 Å². The van der Waals surface area contributed by atoms with Crippen molar-refractivity contribution in [3.8, 4) is 0 Å². The van der Waals surface area contributed by atoms with E-state index in [0.717, 1.165) is 18.7 Å². The molecule has 5 heteroatoms. The second-order valence-corrected chi connectivity index (χ2v) is 4.91. The Morgan fingerprint density at radius 3 is 3.00 bits per heavy atom. The van der Waals surface area contributed by atoms with E-state index in [-0.39, 0.29) is 5.91 Å². The van der Waals surface area contributed by atoms with Crippen molar-refractivity contribution in [1.29, 1.82) is 0 Å². The van der Waals surface area contributed by atoms with Gasteiger partial charge in [-0.3, -0.25) is 4.79 Å². The zero-order chi connectivity index (χ0) is 13.1. The van der Waals surface area contributed by atoms with Gasteiger partial charge in [0.25, 0.3) is 5.91 Å². The maximum absolute atomic E-state index is 12.0. The number of carbonyl (C=O) groups is 1. The molecule has 0 saturated carbocycles. The highest BCUT2D eigenvalue weighted by Crippen LogP contribution is 2.14. The molecular weight excluding hydrogens is 228 g/mol. The van der Waals surface area contributed by atoms with E-state index in [1.807, 2.05) is 6.92 Å². The van der Waals surface area contributed by atoms with Gasteiger partial charge in [-0.1, -0.05) is 0 Å². The van der Waals surface area contributed by atoms with Crippen molar-refractivity contribution in [3.05, 3.63) is 23.4 Å². The molecule has 1 fully saturated rings. The Balaban J connectivity index is 1.95. The lowest BCUT2D eigenvalue weighted by Crippen LogP contribution is -2.38. The molecule has 0 spiro atoms. The predicted octanol–water partition coefficient (Wildman–Crippen LogP) is 0.796. The second-order valence-electron chi connectivity index (χ2n) is 4.91. The Kier molecular flexibility index (Phi) is 3.81. The zero-order valence-electron chi connectivity index (χ0n) is 10.9. The Morgan fingerprint density at radius 2 is 2.39 bits per heavy atom. The number of nitrogens with two attached hydrogens (primary N) is 1. The van der Waals surface area contributed by atoms with Crippen LogP contribution in [-0.2, 0) is 0 Å². The minimum Gasteiger partial charge on any atom is -0.384 e. The maximum atomic E-state index is 12.0. The fraction of sp³-hybridized carbons (Fsp3) is 0.538. The molecule has 2 rings (SSSR count). The Labute approximate surface area is 107 Å². The van der Waals surface area contributed by atoms with Crippen LogP contribution in [-0.4, -0.2) is 42.0 Å². The summed E-state index contributed by atoms with van der Waals surface area (Å²) >= 11 is 0. The molecule has 0 aliphatic carbocycles. The molecule has 1 aromatic rings. The Bertz CT molecular complexity index is 426. The number of likely N-dealkylation sites (tertiary alicyclic amines) is 1. The molecule has 5 nitrogen and oxygen atoms in total. The third-order valence-corrected chi connectivity index (χ3v) is 3.41. The van der Waals surface area contributed by atoms with Crippen LogP contribution in [0.4, 0.5) is 5.82 Å². The fourth-order valence-electron chi connectivity index (χ4n) is 2.38. The number of aromatic nitrogens is 1. The van der Waals surface area contributed by atoms with Crippen molar-refractivity contribution < 1.29 is 4.79 Å². The second kappa shape index (κ2) is 5.35. The summed E-state index contributed by atoms with van der Waals surface area (Å²) in [6, 6.07) is 3.82. The normalized spacial score (nSPS) is 20.0. The van der Waals surface area contributed by atoms with Crippen molar-refractivity contribution in [2.45, 2.75) is 25.8 Å². The average molecular weight is 248 g/mol. The van der Waals surface area contributed by atoms with Crippen LogP contribution in [0.25, 0.3) is 0 Å². The van der Waals surface area contributed by atoms with E-state index in [2.05, 4.69) is 22.2 Å². The smallest absolute Gasteiger partial charge is 0.251 e. The van der Waals surface area contributed by atoms with Gasteiger partial charge in [-0.2, -0.15) is 0 Å². The minimum atomic E-state index is -0.0764. The molecule has 2 heterocycles. The summed E-state index contributed by atoms with van der Waals surface area (Å²) in [6.07, 6.45) is 2.35. The van der Waals surface area contributed by atoms with Crippen LogP contribution < -0.4 is 11.1 Å². The van der Waals surface area contributed by atoms with E-state index in [1.165, 1.54) is 6.42 Å². The van der Waals surface area contributed by atoms with Gasteiger partial charge in [-0.15, -0.1) is 0 Å². The van der Waals surface area contributed by atoms with Crippen molar-refractivity contribution in [1.82, 2.24) is 15.2 Å². The number of nitrogens with one attached hydrogen (secondary N) is 1. The number of rotatable bonds is 3. The first-order valence-corrected chi connectivity index (χ1v) is 6.29. The molecule has 0 aromatic carbocycles. The summed E-state index contributed by atoms with van der Waals surface area (Å²) < 4.78 is 0. The zero-order valence-corrected chi connectivity index (χ0v) is 10.9. The highest BCUT2D eigenvalue weighted by Gasteiger charge is 2.21. The van der Waals surface area contributed by atoms with Crippen LogP contribution in [0, 0.1) is 6.92 Å². The number of nitrogen functional groups attached to an aromatic ring is 1. The number of amides is 1. The maximum Gasteiger partial charge on any atom is 0.251 e. The SMILES string of the molecule is Cc1cc(C(=O)NCC2CCCN2C)cc(N)n1. The van der Waals surface area contributed by atoms with Gasteiger partial charge in [0.1, 0.15) is 5.82 Å². The van der Waals surface area contributed by atoms with Crippen molar-refractivity contribution in [2.75, 3.05) is 25.9 Å². The molecule has 3 N–H and O–H groups in total. The van der Waals surface area contributed by atoms with Gasteiger partial charge in [0.15, 0.2) is 0 Å². The van der Waals surface area contributed by atoms with Gasteiger partial charge in [-0.25, -0.2) is 4.98 Å². The largest absolute Gasteiger partial charge is 0.384 e. The highest BCUT2D eigenvalue weighted by atomic mass is 16.1. The number of hydrogen-bond donors (Lipinski definition) is 2. The van der Waals surface area contributed by atoms with E-state index >= 15 is 0 Å². The topological polar surface area (TPSA) is 71.2 Å². The first-order chi connectivity index (χ1) is 8.56. The van der Waals surface area contributed by atoms with Crippen LogP contribution in [0.15, 0.2) is 12.1 Å². The molecule has 1 aromatic heterocycles. The molecule has 1 aliphatic heterocycles. The lowest BCUT2D eigenvalue weighted by Gasteiger charge is -2.19. The van der Waals surface area contributed by atoms with Gasteiger partial charge >= 0.3 is 0 Å². The molecule has 1 unspecified atom stereocenters.